The summed E-state index contributed by atoms with van der Waals surface area (Å²) in [6.07, 6.45) is 0. The van der Waals surface area contributed by atoms with Crippen molar-refractivity contribution < 1.29 is 4.42 Å². The Labute approximate surface area is 269 Å². The number of hydrogen-bond acceptors (Lipinski definition) is 2. The Bertz CT molecular complexity index is 2880. The minimum atomic E-state index is 0.621. The number of nitriles is 1. The second kappa shape index (κ2) is 9.71. The zero-order valence-corrected chi connectivity index (χ0v) is 25.2. The summed E-state index contributed by atoms with van der Waals surface area (Å²) in [6, 6.07) is 55.3. The molecular weight excluding hydrogens is 574 g/mol. The molecule has 218 valence electrons. The third-order valence-corrected chi connectivity index (χ3v) is 9.50. The lowest BCUT2D eigenvalue weighted by atomic mass is 10.0. The van der Waals surface area contributed by atoms with Gasteiger partial charge < -0.3 is 13.6 Å². The van der Waals surface area contributed by atoms with Gasteiger partial charge in [-0.2, -0.15) is 5.26 Å². The Balaban J connectivity index is 1.21. The smallest absolute Gasteiger partial charge is 0.136 e. The van der Waals surface area contributed by atoms with E-state index in [9.17, 15) is 5.26 Å². The maximum Gasteiger partial charge on any atom is 0.136 e. The number of hydrogen-bond donors (Lipinski definition) is 0. The van der Waals surface area contributed by atoms with Gasteiger partial charge in [0.25, 0.3) is 0 Å². The number of aromatic nitrogens is 2. The molecule has 0 unspecified atom stereocenters. The van der Waals surface area contributed by atoms with Gasteiger partial charge in [0.05, 0.1) is 33.7 Å². The average molecular weight is 600 g/mol. The van der Waals surface area contributed by atoms with Crippen molar-refractivity contribution in [2.24, 2.45) is 0 Å². The molecule has 0 bridgehead atoms. The molecule has 10 aromatic rings. The molecule has 4 heteroatoms. The molecule has 0 amide bonds. The van der Waals surface area contributed by atoms with Crippen molar-refractivity contribution in [3.8, 4) is 28.6 Å². The van der Waals surface area contributed by atoms with E-state index in [0.717, 1.165) is 66.5 Å². The Kier molecular flexibility index (Phi) is 5.32. The maximum atomic E-state index is 10.2. The third kappa shape index (κ3) is 3.69. The SMILES string of the molecule is N#Cc1cc(-c2cccc(-n3c4ccccc4c4c5c(ccc43)oc3ccccc35)c2)cc(-n2c3ccccc3c3ccccc32)c1. The van der Waals surface area contributed by atoms with E-state index in [-0.39, 0.29) is 0 Å². The highest BCUT2D eigenvalue weighted by Gasteiger charge is 2.19. The van der Waals surface area contributed by atoms with Crippen LogP contribution in [0.3, 0.4) is 0 Å². The van der Waals surface area contributed by atoms with Gasteiger partial charge in [-0.25, -0.2) is 0 Å². The summed E-state index contributed by atoms with van der Waals surface area (Å²) in [7, 11) is 0. The van der Waals surface area contributed by atoms with E-state index in [1.165, 1.54) is 21.5 Å². The standard InChI is InChI=1S/C43H25N3O/c44-26-27-22-29(25-31(23-27)46-36-16-5-1-12-32(36)33-13-2-6-17-37(33)46)28-10-9-11-30(24-28)45-38-18-7-3-14-34(38)42-39(45)20-21-41-43(42)35-15-4-8-19-40(35)47-41/h1-25H. The van der Waals surface area contributed by atoms with Crippen molar-refractivity contribution in [3.63, 3.8) is 0 Å². The molecule has 0 N–H and O–H groups in total. The van der Waals surface area contributed by atoms with Crippen molar-refractivity contribution >= 4 is 65.6 Å². The Morgan fingerprint density at radius 3 is 1.79 bits per heavy atom. The van der Waals surface area contributed by atoms with Gasteiger partial charge in [-0.1, -0.05) is 84.9 Å². The summed E-state index contributed by atoms with van der Waals surface area (Å²) in [5, 5.41) is 17.2. The molecule has 0 aliphatic heterocycles. The van der Waals surface area contributed by atoms with Gasteiger partial charge in [-0.05, 0) is 77.9 Å². The van der Waals surface area contributed by atoms with Gasteiger partial charge in [0.1, 0.15) is 11.2 Å². The van der Waals surface area contributed by atoms with Crippen LogP contribution >= 0.6 is 0 Å². The summed E-state index contributed by atoms with van der Waals surface area (Å²) >= 11 is 0. The summed E-state index contributed by atoms with van der Waals surface area (Å²) in [5.41, 5.74) is 11.0. The van der Waals surface area contributed by atoms with E-state index in [4.69, 9.17) is 4.42 Å². The number of rotatable bonds is 3. The van der Waals surface area contributed by atoms with E-state index < -0.39 is 0 Å². The monoisotopic (exact) mass is 599 g/mol. The summed E-state index contributed by atoms with van der Waals surface area (Å²) in [6.45, 7) is 0. The molecule has 47 heavy (non-hydrogen) atoms. The second-order valence-corrected chi connectivity index (χ2v) is 12.1. The first-order valence-corrected chi connectivity index (χ1v) is 15.7. The Morgan fingerprint density at radius 1 is 0.426 bits per heavy atom. The predicted octanol–water partition coefficient (Wildman–Crippen LogP) is 11.3. The van der Waals surface area contributed by atoms with Crippen molar-refractivity contribution in [2.75, 3.05) is 0 Å². The van der Waals surface area contributed by atoms with E-state index in [2.05, 4.69) is 143 Å². The maximum absolute atomic E-state index is 10.2. The lowest BCUT2D eigenvalue weighted by Crippen LogP contribution is -1.97. The lowest BCUT2D eigenvalue weighted by molar-refractivity contribution is 0.669. The Hall–Kier alpha value is -6.57. The second-order valence-electron chi connectivity index (χ2n) is 12.1. The van der Waals surface area contributed by atoms with Gasteiger partial charge in [0, 0.05) is 43.7 Å². The molecule has 3 aromatic heterocycles. The van der Waals surface area contributed by atoms with E-state index in [1.54, 1.807) is 0 Å². The molecule has 0 saturated heterocycles. The molecule has 4 nitrogen and oxygen atoms in total. The molecule has 0 aliphatic carbocycles. The molecule has 10 rings (SSSR count). The first-order chi connectivity index (χ1) is 23.3. The van der Waals surface area contributed by atoms with Gasteiger partial charge in [0.2, 0.25) is 0 Å². The van der Waals surface area contributed by atoms with Crippen LogP contribution in [0.5, 0.6) is 0 Å². The topological polar surface area (TPSA) is 46.8 Å². The normalized spacial score (nSPS) is 11.8. The molecule has 0 fully saturated rings. The van der Waals surface area contributed by atoms with Crippen LogP contribution in [-0.4, -0.2) is 9.13 Å². The molecule has 0 spiro atoms. The molecule has 3 heterocycles. The van der Waals surface area contributed by atoms with Crippen LogP contribution in [0.1, 0.15) is 5.56 Å². The highest BCUT2D eigenvalue weighted by atomic mass is 16.3. The molecule has 0 radical (unpaired) electrons. The van der Waals surface area contributed by atoms with Gasteiger partial charge in [-0.15, -0.1) is 0 Å². The van der Waals surface area contributed by atoms with Gasteiger partial charge in [-0.3, -0.25) is 0 Å². The number of nitrogens with zero attached hydrogens (tertiary/aromatic N) is 3. The number of furan rings is 1. The summed E-state index contributed by atoms with van der Waals surface area (Å²) in [5.74, 6) is 0. The number of fused-ring (bicyclic) bond motifs is 10. The van der Waals surface area contributed by atoms with E-state index >= 15 is 0 Å². The van der Waals surface area contributed by atoms with Crippen LogP contribution in [0.2, 0.25) is 0 Å². The first-order valence-electron chi connectivity index (χ1n) is 15.7. The van der Waals surface area contributed by atoms with E-state index in [0.29, 0.717) is 5.56 Å². The van der Waals surface area contributed by atoms with Gasteiger partial charge in [0.15, 0.2) is 0 Å². The molecular formula is C43H25N3O. The fourth-order valence-corrected chi connectivity index (χ4v) is 7.55. The Morgan fingerprint density at radius 2 is 1.04 bits per heavy atom. The van der Waals surface area contributed by atoms with Crippen molar-refractivity contribution in [3.05, 3.63) is 157 Å². The number of para-hydroxylation sites is 4. The lowest BCUT2D eigenvalue weighted by Gasteiger charge is -2.13. The van der Waals surface area contributed by atoms with Crippen LogP contribution in [0.4, 0.5) is 0 Å². The average Bonchev–Trinajstić information content (AvgIpc) is 3.79. The van der Waals surface area contributed by atoms with Crippen molar-refractivity contribution in [1.82, 2.24) is 9.13 Å². The minimum Gasteiger partial charge on any atom is -0.456 e. The predicted molar refractivity (Wildman–Crippen MR) is 193 cm³/mol. The third-order valence-electron chi connectivity index (χ3n) is 9.50. The van der Waals surface area contributed by atoms with Crippen LogP contribution < -0.4 is 0 Å². The van der Waals surface area contributed by atoms with Crippen molar-refractivity contribution in [2.45, 2.75) is 0 Å². The van der Waals surface area contributed by atoms with Crippen LogP contribution in [0.25, 0.3) is 88.1 Å². The first kappa shape index (κ1) is 25.7. The van der Waals surface area contributed by atoms with Crippen molar-refractivity contribution in [1.29, 1.82) is 5.26 Å². The molecule has 7 aromatic carbocycles. The molecule has 0 saturated carbocycles. The van der Waals surface area contributed by atoms with Crippen LogP contribution in [0, 0.1) is 11.3 Å². The zero-order valence-electron chi connectivity index (χ0n) is 25.2. The minimum absolute atomic E-state index is 0.621. The highest BCUT2D eigenvalue weighted by molar-refractivity contribution is 6.27. The summed E-state index contributed by atoms with van der Waals surface area (Å²) in [4.78, 5) is 0. The van der Waals surface area contributed by atoms with E-state index in [1.807, 2.05) is 24.3 Å². The molecule has 0 aliphatic rings. The van der Waals surface area contributed by atoms with Crippen LogP contribution in [0.15, 0.2) is 156 Å². The quantitative estimate of drug-likeness (QED) is 0.203. The number of benzene rings is 7. The zero-order chi connectivity index (χ0) is 31.1. The summed E-state index contributed by atoms with van der Waals surface area (Å²) < 4.78 is 10.9. The fraction of sp³-hybridized carbons (Fsp3) is 0. The highest BCUT2D eigenvalue weighted by Crippen LogP contribution is 2.41. The fourth-order valence-electron chi connectivity index (χ4n) is 7.55. The largest absolute Gasteiger partial charge is 0.456 e. The van der Waals surface area contributed by atoms with Gasteiger partial charge >= 0.3 is 0 Å². The molecule has 0 atom stereocenters. The van der Waals surface area contributed by atoms with Crippen LogP contribution in [-0.2, 0) is 0 Å².